The van der Waals surface area contributed by atoms with Gasteiger partial charge in [-0.2, -0.15) is 4.68 Å². The fourth-order valence-electron chi connectivity index (χ4n) is 2.92. The fraction of sp³-hybridized carbons (Fsp3) is 0.0952. The molecule has 0 saturated carbocycles. The number of carbonyl (C=O) groups excluding carboxylic acids is 1. The Hall–Kier alpha value is -3.58. The van der Waals surface area contributed by atoms with E-state index >= 15 is 0 Å². The number of rotatable bonds is 5. The Morgan fingerprint density at radius 2 is 1.90 bits per heavy atom. The number of tetrazole rings is 1. The number of hydrogen-bond acceptors (Lipinski definition) is 6. The molecule has 0 radical (unpaired) electrons. The Morgan fingerprint density at radius 1 is 1.14 bits per heavy atom. The van der Waals surface area contributed by atoms with Crippen molar-refractivity contribution in [1.29, 1.82) is 0 Å². The Balaban J connectivity index is 1.65. The Morgan fingerprint density at radius 3 is 2.66 bits per heavy atom. The highest BCUT2D eigenvalue weighted by Gasteiger charge is 2.18. The lowest BCUT2D eigenvalue weighted by atomic mass is 10.1. The maximum absolute atomic E-state index is 12.9. The number of para-hydroxylation sites is 1. The minimum absolute atomic E-state index is 0.0366. The summed E-state index contributed by atoms with van der Waals surface area (Å²) in [5.41, 5.74) is 2.54. The van der Waals surface area contributed by atoms with Gasteiger partial charge in [0.1, 0.15) is 11.8 Å². The van der Waals surface area contributed by atoms with Crippen LogP contribution in [0.3, 0.4) is 0 Å². The lowest BCUT2D eigenvalue weighted by Gasteiger charge is -2.11. The number of fused-ring (bicyclic) bond motifs is 1. The van der Waals surface area contributed by atoms with E-state index in [0.717, 1.165) is 22.0 Å². The fourth-order valence-corrected chi connectivity index (χ4v) is 3.14. The van der Waals surface area contributed by atoms with Gasteiger partial charge in [0.25, 0.3) is 0 Å². The molecule has 0 aliphatic heterocycles. The van der Waals surface area contributed by atoms with E-state index in [-0.39, 0.29) is 12.3 Å². The second kappa shape index (κ2) is 8.20. The van der Waals surface area contributed by atoms with Crippen LogP contribution in [0.25, 0.3) is 22.7 Å². The molecular weight excluding hydrogens is 390 g/mol. The van der Waals surface area contributed by atoms with E-state index in [1.165, 1.54) is 4.68 Å². The zero-order valence-electron chi connectivity index (χ0n) is 15.5. The van der Waals surface area contributed by atoms with Crippen LogP contribution in [0.15, 0.2) is 60.7 Å². The van der Waals surface area contributed by atoms with Crippen molar-refractivity contribution in [1.82, 2.24) is 25.2 Å². The van der Waals surface area contributed by atoms with Crippen LogP contribution in [-0.4, -0.2) is 31.2 Å². The zero-order chi connectivity index (χ0) is 20.2. The Kier molecular flexibility index (Phi) is 5.31. The summed E-state index contributed by atoms with van der Waals surface area (Å²) in [4.78, 5) is 17.2. The van der Waals surface area contributed by atoms with E-state index in [9.17, 15) is 4.79 Å². The van der Waals surface area contributed by atoms with Gasteiger partial charge in [0.2, 0.25) is 0 Å². The molecule has 8 heteroatoms. The molecule has 0 fully saturated rings. The average Bonchev–Trinajstić information content (AvgIpc) is 3.16. The summed E-state index contributed by atoms with van der Waals surface area (Å²) in [5, 5.41) is 12.6. The lowest BCUT2D eigenvalue weighted by Crippen LogP contribution is -2.15. The van der Waals surface area contributed by atoms with Crippen LogP contribution >= 0.6 is 11.6 Å². The minimum Gasteiger partial charge on any atom is -0.456 e. The van der Waals surface area contributed by atoms with Crippen LogP contribution < -0.4 is 0 Å². The first kappa shape index (κ1) is 18.8. The summed E-state index contributed by atoms with van der Waals surface area (Å²) in [6, 6.07) is 18.7. The van der Waals surface area contributed by atoms with Gasteiger partial charge in [-0.1, -0.05) is 60.1 Å². The average molecular weight is 406 g/mol. The van der Waals surface area contributed by atoms with Crippen molar-refractivity contribution in [2.24, 2.45) is 0 Å². The molecule has 144 valence electrons. The van der Waals surface area contributed by atoms with E-state index in [1.807, 2.05) is 54.6 Å². The van der Waals surface area contributed by atoms with Crippen LogP contribution in [0, 0.1) is 6.92 Å². The number of hydrogen-bond donors (Lipinski definition) is 0. The molecule has 2 aromatic carbocycles. The van der Waals surface area contributed by atoms with Crippen molar-refractivity contribution in [3.8, 4) is 0 Å². The van der Waals surface area contributed by atoms with Gasteiger partial charge in [-0.3, -0.25) is 0 Å². The summed E-state index contributed by atoms with van der Waals surface area (Å²) >= 11 is 6.12. The van der Waals surface area contributed by atoms with Crippen molar-refractivity contribution < 1.29 is 9.53 Å². The van der Waals surface area contributed by atoms with Crippen molar-refractivity contribution >= 4 is 40.2 Å². The maximum Gasteiger partial charge on any atom is 0.357 e. The quantitative estimate of drug-likeness (QED) is 0.284. The number of carbonyl (C=O) groups is 1. The third kappa shape index (κ3) is 4.14. The molecule has 0 atom stereocenters. The van der Waals surface area contributed by atoms with Gasteiger partial charge in [0, 0.05) is 10.9 Å². The maximum atomic E-state index is 12.9. The molecule has 0 spiro atoms. The summed E-state index contributed by atoms with van der Waals surface area (Å²) in [6.07, 6.45) is 1.68. The topological polar surface area (TPSA) is 82.8 Å². The molecule has 0 amide bonds. The SMILES string of the molecule is Cc1nnnn1/C(=C\c1ccccc1)C(=O)OCc1cc(Cl)nc2ccccc12. The lowest BCUT2D eigenvalue weighted by molar-refractivity contribution is -0.138. The number of aromatic nitrogens is 5. The number of nitrogens with zero attached hydrogens (tertiary/aromatic N) is 5. The predicted octanol–water partition coefficient (Wildman–Crippen LogP) is 3.92. The summed E-state index contributed by atoms with van der Waals surface area (Å²) in [5.74, 6) is -0.0807. The number of benzene rings is 2. The van der Waals surface area contributed by atoms with Gasteiger partial charge < -0.3 is 4.74 Å². The van der Waals surface area contributed by atoms with Crippen molar-refractivity contribution in [3.63, 3.8) is 0 Å². The van der Waals surface area contributed by atoms with Gasteiger partial charge >= 0.3 is 5.97 Å². The molecule has 0 unspecified atom stereocenters. The highest BCUT2D eigenvalue weighted by molar-refractivity contribution is 6.30. The predicted molar refractivity (Wildman–Crippen MR) is 110 cm³/mol. The van der Waals surface area contributed by atoms with Crippen LogP contribution in [0.1, 0.15) is 17.0 Å². The van der Waals surface area contributed by atoms with Gasteiger partial charge in [-0.05, 0) is 41.1 Å². The van der Waals surface area contributed by atoms with Crippen LogP contribution in [0.5, 0.6) is 0 Å². The Labute approximate surface area is 171 Å². The molecule has 7 nitrogen and oxygen atoms in total. The molecule has 2 heterocycles. The van der Waals surface area contributed by atoms with Crippen LogP contribution in [0.4, 0.5) is 0 Å². The third-order valence-corrected chi connectivity index (χ3v) is 4.49. The molecule has 4 rings (SSSR count). The minimum atomic E-state index is -0.554. The number of halogens is 1. The largest absolute Gasteiger partial charge is 0.456 e. The zero-order valence-corrected chi connectivity index (χ0v) is 16.2. The van der Waals surface area contributed by atoms with Gasteiger partial charge in [-0.25, -0.2) is 9.78 Å². The van der Waals surface area contributed by atoms with E-state index < -0.39 is 5.97 Å². The molecule has 0 aliphatic rings. The number of esters is 1. The molecule has 29 heavy (non-hydrogen) atoms. The van der Waals surface area contributed by atoms with Crippen molar-refractivity contribution in [2.75, 3.05) is 0 Å². The molecule has 0 saturated heterocycles. The molecule has 0 bridgehead atoms. The van der Waals surface area contributed by atoms with E-state index in [2.05, 4.69) is 20.5 Å². The van der Waals surface area contributed by atoms with Gasteiger partial charge in [0.05, 0.1) is 5.52 Å². The van der Waals surface area contributed by atoms with Gasteiger partial charge in [-0.15, -0.1) is 5.10 Å². The summed E-state index contributed by atoms with van der Waals surface area (Å²) < 4.78 is 6.95. The molecule has 0 N–H and O–H groups in total. The highest BCUT2D eigenvalue weighted by Crippen LogP contribution is 2.22. The molecule has 0 aliphatic carbocycles. The van der Waals surface area contributed by atoms with Crippen LogP contribution in [-0.2, 0) is 16.1 Å². The van der Waals surface area contributed by atoms with E-state index in [0.29, 0.717) is 11.0 Å². The first-order chi connectivity index (χ1) is 14.1. The number of pyridine rings is 1. The van der Waals surface area contributed by atoms with Gasteiger partial charge in [0.15, 0.2) is 11.5 Å². The molecular formula is C21H16ClN5O2. The second-order valence-corrected chi connectivity index (χ2v) is 6.66. The van der Waals surface area contributed by atoms with Crippen molar-refractivity contribution in [3.05, 3.63) is 82.8 Å². The van der Waals surface area contributed by atoms with Crippen molar-refractivity contribution in [2.45, 2.75) is 13.5 Å². The van der Waals surface area contributed by atoms with E-state index in [1.54, 1.807) is 19.1 Å². The number of ether oxygens (including phenoxy) is 1. The van der Waals surface area contributed by atoms with E-state index in [4.69, 9.17) is 16.3 Å². The second-order valence-electron chi connectivity index (χ2n) is 6.28. The van der Waals surface area contributed by atoms with Crippen LogP contribution in [0.2, 0.25) is 5.15 Å². The highest BCUT2D eigenvalue weighted by atomic mass is 35.5. The summed E-state index contributed by atoms with van der Waals surface area (Å²) in [6.45, 7) is 1.75. The monoisotopic (exact) mass is 405 g/mol. The standard InChI is InChI=1S/C21H16ClN5O2/c1-14-24-25-26-27(14)19(11-15-7-3-2-4-8-15)21(28)29-13-16-12-20(22)23-18-10-6-5-9-17(16)18/h2-12H,13H2,1H3/b19-11-. The Bertz CT molecular complexity index is 1200. The first-order valence-corrected chi connectivity index (χ1v) is 9.23. The number of aryl methyl sites for hydroxylation is 1. The smallest absolute Gasteiger partial charge is 0.357 e. The first-order valence-electron chi connectivity index (χ1n) is 8.85. The third-order valence-electron chi connectivity index (χ3n) is 4.30. The normalized spacial score (nSPS) is 11.6. The molecule has 4 aromatic rings. The molecule has 2 aromatic heterocycles. The summed E-state index contributed by atoms with van der Waals surface area (Å²) in [7, 11) is 0.